The van der Waals surface area contributed by atoms with Gasteiger partial charge in [-0.3, -0.25) is 0 Å². The number of hydrogen-bond donors (Lipinski definition) is 0. The van der Waals surface area contributed by atoms with Crippen molar-refractivity contribution in [2.45, 2.75) is 63.2 Å². The van der Waals surface area contributed by atoms with E-state index in [0.717, 1.165) is 48.4 Å². The van der Waals surface area contributed by atoms with E-state index in [1.807, 2.05) is 35.0 Å². The largest absolute Gasteiger partial charge is 0.486 e. The summed E-state index contributed by atoms with van der Waals surface area (Å²) in [6.07, 6.45) is 3.38. The van der Waals surface area contributed by atoms with E-state index in [0.29, 0.717) is 24.3 Å². The van der Waals surface area contributed by atoms with Gasteiger partial charge in [0.25, 0.3) is 0 Å². The molecule has 4 rings (SSSR count). The standard InChI is InChI=1S/C19H25N7OS/c1-14(2)10-11-25-17(12-27-16-6-4-3-5-7-16)20-22-19(25)28-13-18-21-23-24-26(18)15-8-9-15/h3-7,14-15H,8-13H2,1-2H3. The maximum atomic E-state index is 5.89. The fourth-order valence-electron chi connectivity index (χ4n) is 2.85. The molecule has 148 valence electrons. The first-order valence-electron chi connectivity index (χ1n) is 9.70. The molecule has 3 aromatic rings. The second kappa shape index (κ2) is 8.72. The normalized spacial score (nSPS) is 14.0. The Morgan fingerprint density at radius 3 is 2.68 bits per heavy atom. The second-order valence-corrected chi connectivity index (χ2v) is 8.34. The number of nitrogens with zero attached hydrogens (tertiary/aromatic N) is 7. The number of benzene rings is 1. The molecule has 2 aromatic heterocycles. The minimum atomic E-state index is 0.398. The van der Waals surface area contributed by atoms with Gasteiger partial charge in [0.05, 0.1) is 11.8 Å². The van der Waals surface area contributed by atoms with Crippen LogP contribution in [0.5, 0.6) is 5.75 Å². The minimum Gasteiger partial charge on any atom is -0.486 e. The fraction of sp³-hybridized carbons (Fsp3) is 0.526. The summed E-state index contributed by atoms with van der Waals surface area (Å²) in [6.45, 7) is 5.71. The zero-order chi connectivity index (χ0) is 19.3. The van der Waals surface area contributed by atoms with Crippen LogP contribution in [0.2, 0.25) is 0 Å². The van der Waals surface area contributed by atoms with Crippen molar-refractivity contribution in [2.75, 3.05) is 0 Å². The quantitative estimate of drug-likeness (QED) is 0.482. The average Bonchev–Trinajstić information content (AvgIpc) is 3.31. The van der Waals surface area contributed by atoms with Gasteiger partial charge >= 0.3 is 0 Å². The monoisotopic (exact) mass is 399 g/mol. The second-order valence-electron chi connectivity index (χ2n) is 7.39. The molecule has 9 heteroatoms. The van der Waals surface area contributed by atoms with Crippen molar-refractivity contribution in [3.8, 4) is 5.75 Å². The van der Waals surface area contributed by atoms with E-state index in [1.54, 1.807) is 11.8 Å². The SMILES string of the molecule is CC(C)CCn1c(COc2ccccc2)nnc1SCc1nnnn1C1CC1. The fourth-order valence-corrected chi connectivity index (χ4v) is 3.75. The molecular weight excluding hydrogens is 374 g/mol. The Labute approximate surface area is 168 Å². The van der Waals surface area contributed by atoms with Crippen LogP contribution >= 0.6 is 11.8 Å². The summed E-state index contributed by atoms with van der Waals surface area (Å²) in [6, 6.07) is 10.3. The molecular formula is C19H25N7OS. The van der Waals surface area contributed by atoms with Gasteiger partial charge in [0.15, 0.2) is 16.8 Å². The van der Waals surface area contributed by atoms with E-state index >= 15 is 0 Å². The smallest absolute Gasteiger partial charge is 0.191 e. The molecule has 2 heterocycles. The van der Waals surface area contributed by atoms with Crippen LogP contribution in [0.15, 0.2) is 35.5 Å². The van der Waals surface area contributed by atoms with E-state index < -0.39 is 0 Å². The summed E-state index contributed by atoms with van der Waals surface area (Å²) in [5, 5.41) is 21.8. The van der Waals surface area contributed by atoms with Gasteiger partial charge in [-0.2, -0.15) is 0 Å². The molecule has 8 nitrogen and oxygen atoms in total. The summed E-state index contributed by atoms with van der Waals surface area (Å²) in [5.74, 6) is 3.86. The summed E-state index contributed by atoms with van der Waals surface area (Å²) < 4.78 is 10.0. The third-order valence-electron chi connectivity index (χ3n) is 4.62. The number of rotatable bonds is 10. The van der Waals surface area contributed by atoms with Crippen molar-refractivity contribution in [2.24, 2.45) is 5.92 Å². The number of hydrogen-bond acceptors (Lipinski definition) is 7. The number of tetrazole rings is 1. The molecule has 1 aromatic carbocycles. The van der Waals surface area contributed by atoms with Gasteiger partial charge in [-0.25, -0.2) is 4.68 Å². The lowest BCUT2D eigenvalue weighted by molar-refractivity contribution is 0.285. The molecule has 28 heavy (non-hydrogen) atoms. The van der Waals surface area contributed by atoms with Crippen LogP contribution in [-0.4, -0.2) is 35.0 Å². The number of ether oxygens (including phenoxy) is 1. The first kappa shape index (κ1) is 18.9. The van der Waals surface area contributed by atoms with E-state index in [-0.39, 0.29) is 0 Å². The van der Waals surface area contributed by atoms with Crippen LogP contribution in [-0.2, 0) is 18.9 Å². The Morgan fingerprint density at radius 2 is 1.93 bits per heavy atom. The summed E-state index contributed by atoms with van der Waals surface area (Å²) in [5.41, 5.74) is 0. The van der Waals surface area contributed by atoms with Crippen molar-refractivity contribution >= 4 is 11.8 Å². The first-order chi connectivity index (χ1) is 13.7. The van der Waals surface area contributed by atoms with Gasteiger partial charge < -0.3 is 9.30 Å². The lowest BCUT2D eigenvalue weighted by atomic mass is 10.1. The van der Waals surface area contributed by atoms with Gasteiger partial charge in [0.2, 0.25) is 0 Å². The first-order valence-corrected chi connectivity index (χ1v) is 10.7. The van der Waals surface area contributed by atoms with E-state index in [1.165, 1.54) is 0 Å². The Hall–Kier alpha value is -2.42. The maximum absolute atomic E-state index is 5.89. The zero-order valence-electron chi connectivity index (χ0n) is 16.2. The molecule has 0 unspecified atom stereocenters. The van der Waals surface area contributed by atoms with Crippen molar-refractivity contribution in [1.29, 1.82) is 0 Å². The number of aromatic nitrogens is 7. The molecule has 0 saturated heterocycles. The predicted molar refractivity (Wildman–Crippen MR) is 106 cm³/mol. The zero-order valence-corrected chi connectivity index (χ0v) is 17.0. The molecule has 0 atom stereocenters. The van der Waals surface area contributed by atoms with Gasteiger partial charge in [-0.05, 0) is 47.7 Å². The third-order valence-corrected chi connectivity index (χ3v) is 5.58. The Balaban J connectivity index is 1.45. The third kappa shape index (κ3) is 4.70. The van der Waals surface area contributed by atoms with Crippen molar-refractivity contribution in [3.05, 3.63) is 42.0 Å². The molecule has 0 N–H and O–H groups in total. The summed E-state index contributed by atoms with van der Waals surface area (Å²) >= 11 is 1.63. The van der Waals surface area contributed by atoms with E-state index in [2.05, 4.69) is 44.1 Å². The molecule has 1 aliphatic carbocycles. The minimum absolute atomic E-state index is 0.398. The topological polar surface area (TPSA) is 83.5 Å². The van der Waals surface area contributed by atoms with Gasteiger partial charge in [0, 0.05) is 6.54 Å². The van der Waals surface area contributed by atoms with E-state index in [4.69, 9.17) is 4.74 Å². The van der Waals surface area contributed by atoms with Crippen LogP contribution < -0.4 is 4.74 Å². The molecule has 0 spiro atoms. The van der Waals surface area contributed by atoms with Gasteiger partial charge in [-0.15, -0.1) is 15.3 Å². The highest BCUT2D eigenvalue weighted by molar-refractivity contribution is 7.98. The van der Waals surface area contributed by atoms with Crippen molar-refractivity contribution in [1.82, 2.24) is 35.0 Å². The lowest BCUT2D eigenvalue weighted by Crippen LogP contribution is -2.10. The molecule has 1 aliphatic rings. The average molecular weight is 400 g/mol. The molecule has 0 bridgehead atoms. The Kier molecular flexibility index (Phi) is 5.90. The van der Waals surface area contributed by atoms with Crippen LogP contribution in [0.1, 0.15) is 50.8 Å². The van der Waals surface area contributed by atoms with Crippen molar-refractivity contribution < 1.29 is 4.74 Å². The highest BCUT2D eigenvalue weighted by Crippen LogP contribution is 2.35. The molecule has 1 fully saturated rings. The number of para-hydroxylation sites is 1. The molecule has 0 aliphatic heterocycles. The highest BCUT2D eigenvalue weighted by Gasteiger charge is 2.28. The number of thioether (sulfide) groups is 1. The predicted octanol–water partition coefficient (Wildman–Crippen LogP) is 3.52. The van der Waals surface area contributed by atoms with Crippen LogP contribution in [0.4, 0.5) is 0 Å². The molecule has 0 amide bonds. The van der Waals surface area contributed by atoms with Crippen LogP contribution in [0.3, 0.4) is 0 Å². The Morgan fingerprint density at radius 1 is 1.11 bits per heavy atom. The summed E-state index contributed by atoms with van der Waals surface area (Å²) in [4.78, 5) is 0. The molecule has 0 radical (unpaired) electrons. The van der Waals surface area contributed by atoms with Crippen molar-refractivity contribution in [3.63, 3.8) is 0 Å². The lowest BCUT2D eigenvalue weighted by Gasteiger charge is -2.12. The van der Waals surface area contributed by atoms with Crippen LogP contribution in [0, 0.1) is 5.92 Å². The van der Waals surface area contributed by atoms with Gasteiger partial charge in [0.1, 0.15) is 12.4 Å². The van der Waals surface area contributed by atoms with Crippen LogP contribution in [0.25, 0.3) is 0 Å². The molecule has 1 saturated carbocycles. The Bertz CT molecular complexity index is 889. The summed E-state index contributed by atoms with van der Waals surface area (Å²) in [7, 11) is 0. The van der Waals surface area contributed by atoms with E-state index in [9.17, 15) is 0 Å². The highest BCUT2D eigenvalue weighted by atomic mass is 32.2. The van der Waals surface area contributed by atoms with Gasteiger partial charge in [-0.1, -0.05) is 43.8 Å². The maximum Gasteiger partial charge on any atom is 0.191 e.